The number of hydrogen-bond donors (Lipinski definition) is 2. The summed E-state index contributed by atoms with van der Waals surface area (Å²) in [5, 5.41) is 5.54. The molecule has 2 rings (SSSR count). The minimum atomic E-state index is -3.56. The first-order valence-corrected chi connectivity index (χ1v) is 8.40. The van der Waals surface area contributed by atoms with Crippen molar-refractivity contribution >= 4 is 28.3 Å². The molecule has 1 aromatic heterocycles. The van der Waals surface area contributed by atoms with Gasteiger partial charge in [-0.25, -0.2) is 8.42 Å². The third kappa shape index (κ3) is 3.45. The number of aromatic nitrogens is 1. The lowest BCUT2D eigenvalue weighted by molar-refractivity contribution is 0.0955. The predicted molar refractivity (Wildman–Crippen MR) is 86.9 cm³/mol. The molecular formula is C13H23ClN4O3S. The number of nitrogens with one attached hydrogen (secondary N) is 2. The number of carbonyl (C=O) groups is 1. The van der Waals surface area contributed by atoms with E-state index in [-0.39, 0.29) is 29.3 Å². The Bertz CT molecular complexity index is 629. The third-order valence-electron chi connectivity index (χ3n) is 3.81. The molecule has 22 heavy (non-hydrogen) atoms. The van der Waals surface area contributed by atoms with Crippen molar-refractivity contribution in [3.8, 4) is 0 Å². The first-order chi connectivity index (χ1) is 9.91. The number of nitrogens with zero attached hydrogens (tertiary/aromatic N) is 2. The van der Waals surface area contributed by atoms with Gasteiger partial charge >= 0.3 is 0 Å². The van der Waals surface area contributed by atoms with Crippen LogP contribution in [-0.2, 0) is 17.1 Å². The summed E-state index contributed by atoms with van der Waals surface area (Å²) in [4.78, 5) is 11.9. The van der Waals surface area contributed by atoms with Crippen molar-refractivity contribution in [3.63, 3.8) is 0 Å². The number of carbonyl (C=O) groups excluding carboxylic acids is 1. The van der Waals surface area contributed by atoms with Crippen molar-refractivity contribution in [1.82, 2.24) is 19.5 Å². The number of sulfonamides is 1. The Labute approximate surface area is 137 Å². The lowest BCUT2D eigenvalue weighted by atomic mass is 10.2. The average molecular weight is 351 g/mol. The van der Waals surface area contributed by atoms with Crippen LogP contribution < -0.4 is 10.6 Å². The number of amides is 1. The fraction of sp³-hybridized carbons (Fsp3) is 0.615. The summed E-state index contributed by atoms with van der Waals surface area (Å²) in [7, 11) is 1.44. The second kappa shape index (κ2) is 7.45. The van der Waals surface area contributed by atoms with Crippen LogP contribution in [0.2, 0.25) is 0 Å². The predicted octanol–water partition coefficient (Wildman–Crippen LogP) is 0.179. The van der Waals surface area contributed by atoms with Crippen molar-refractivity contribution in [2.75, 3.05) is 27.2 Å². The number of likely N-dealkylation sites (N-methyl/N-ethyl adjacent to an activating group) is 1. The second-order valence-corrected chi connectivity index (χ2v) is 7.11. The topological polar surface area (TPSA) is 83.4 Å². The van der Waals surface area contributed by atoms with E-state index in [1.807, 2.05) is 7.05 Å². The molecule has 1 aliphatic heterocycles. The zero-order chi connectivity index (χ0) is 15.6. The summed E-state index contributed by atoms with van der Waals surface area (Å²) in [5.74, 6) is -0.299. The molecule has 126 valence electrons. The van der Waals surface area contributed by atoms with Crippen LogP contribution in [0.3, 0.4) is 0 Å². The molecule has 0 aromatic carbocycles. The molecule has 1 fully saturated rings. The molecule has 1 unspecified atom stereocenters. The molecule has 0 aliphatic carbocycles. The van der Waals surface area contributed by atoms with E-state index in [1.54, 1.807) is 7.05 Å². The molecule has 1 aliphatic rings. The molecular weight excluding hydrogens is 328 g/mol. The zero-order valence-corrected chi connectivity index (χ0v) is 14.6. The molecule has 1 aromatic rings. The highest BCUT2D eigenvalue weighted by Crippen LogP contribution is 2.26. The number of rotatable bonds is 5. The van der Waals surface area contributed by atoms with E-state index in [0.717, 1.165) is 12.8 Å². The van der Waals surface area contributed by atoms with Gasteiger partial charge in [-0.1, -0.05) is 0 Å². The van der Waals surface area contributed by atoms with Crippen LogP contribution in [0.1, 0.15) is 23.3 Å². The van der Waals surface area contributed by atoms with Crippen LogP contribution >= 0.6 is 12.4 Å². The van der Waals surface area contributed by atoms with Crippen molar-refractivity contribution in [3.05, 3.63) is 18.0 Å². The fourth-order valence-corrected chi connectivity index (χ4v) is 4.49. The molecule has 2 N–H and O–H groups in total. The van der Waals surface area contributed by atoms with E-state index in [9.17, 15) is 13.2 Å². The van der Waals surface area contributed by atoms with Crippen molar-refractivity contribution in [2.45, 2.75) is 23.8 Å². The SMILES string of the molecule is CNCC1CCCN1S(=O)(=O)c1cc(C(=O)NC)n(C)c1.Cl. The van der Waals surface area contributed by atoms with E-state index in [1.165, 1.54) is 28.2 Å². The van der Waals surface area contributed by atoms with E-state index in [4.69, 9.17) is 0 Å². The monoisotopic (exact) mass is 350 g/mol. The molecule has 1 amide bonds. The normalized spacial score (nSPS) is 19.0. The molecule has 1 atom stereocenters. The summed E-state index contributed by atoms with van der Waals surface area (Å²) in [6, 6.07) is 1.41. The van der Waals surface area contributed by atoms with Gasteiger partial charge in [0.15, 0.2) is 0 Å². The zero-order valence-electron chi connectivity index (χ0n) is 13.0. The molecule has 0 bridgehead atoms. The maximum atomic E-state index is 12.7. The van der Waals surface area contributed by atoms with Gasteiger partial charge in [0.05, 0.1) is 0 Å². The quantitative estimate of drug-likeness (QED) is 0.793. The molecule has 7 nitrogen and oxygen atoms in total. The summed E-state index contributed by atoms with van der Waals surface area (Å²) < 4.78 is 28.6. The third-order valence-corrected chi connectivity index (χ3v) is 5.73. The summed E-state index contributed by atoms with van der Waals surface area (Å²) >= 11 is 0. The highest BCUT2D eigenvalue weighted by molar-refractivity contribution is 7.89. The lowest BCUT2D eigenvalue weighted by Gasteiger charge is -2.23. The van der Waals surface area contributed by atoms with Gasteiger partial charge in [0.2, 0.25) is 10.0 Å². The van der Waals surface area contributed by atoms with Gasteiger partial charge in [0.1, 0.15) is 10.6 Å². The van der Waals surface area contributed by atoms with Crippen LogP contribution in [0.25, 0.3) is 0 Å². The van der Waals surface area contributed by atoms with Gasteiger partial charge < -0.3 is 15.2 Å². The summed E-state index contributed by atoms with van der Waals surface area (Å²) in [6.45, 7) is 1.16. The van der Waals surface area contributed by atoms with E-state index < -0.39 is 10.0 Å². The van der Waals surface area contributed by atoms with Crippen molar-refractivity contribution in [1.29, 1.82) is 0 Å². The lowest BCUT2D eigenvalue weighted by Crippen LogP contribution is -2.40. The Hall–Kier alpha value is -1.09. The highest BCUT2D eigenvalue weighted by Gasteiger charge is 2.35. The summed E-state index contributed by atoms with van der Waals surface area (Å²) in [5.41, 5.74) is 0.334. The number of hydrogen-bond acceptors (Lipinski definition) is 4. The maximum Gasteiger partial charge on any atom is 0.267 e. The minimum Gasteiger partial charge on any atom is -0.354 e. The van der Waals surface area contributed by atoms with Gasteiger partial charge in [0, 0.05) is 39.4 Å². The van der Waals surface area contributed by atoms with Crippen LogP contribution in [0, 0.1) is 0 Å². The first kappa shape index (κ1) is 19.0. The van der Waals surface area contributed by atoms with Crippen LogP contribution in [-0.4, -0.2) is 56.4 Å². The Morgan fingerprint density at radius 2 is 2.09 bits per heavy atom. The standard InChI is InChI=1S/C13H22N4O3S.ClH/c1-14-8-10-5-4-6-17(10)21(19,20)11-7-12(13(18)15-2)16(3)9-11;/h7,9-10,14H,4-6,8H2,1-3H3,(H,15,18);1H. The van der Waals surface area contributed by atoms with Crippen molar-refractivity contribution < 1.29 is 13.2 Å². The molecule has 0 spiro atoms. The molecule has 1 saturated heterocycles. The van der Waals surface area contributed by atoms with Gasteiger partial charge in [-0.2, -0.15) is 4.31 Å². The van der Waals surface area contributed by atoms with Gasteiger partial charge in [-0.3, -0.25) is 4.79 Å². The molecule has 0 saturated carbocycles. The Morgan fingerprint density at radius 3 is 2.68 bits per heavy atom. The van der Waals surface area contributed by atoms with Crippen LogP contribution in [0.4, 0.5) is 0 Å². The van der Waals surface area contributed by atoms with E-state index in [0.29, 0.717) is 18.8 Å². The van der Waals surface area contributed by atoms with E-state index >= 15 is 0 Å². The first-order valence-electron chi connectivity index (χ1n) is 6.96. The smallest absolute Gasteiger partial charge is 0.267 e. The molecule has 0 radical (unpaired) electrons. The van der Waals surface area contributed by atoms with Crippen LogP contribution in [0.15, 0.2) is 17.2 Å². The Kier molecular flexibility index (Phi) is 6.42. The van der Waals surface area contributed by atoms with Crippen LogP contribution in [0.5, 0.6) is 0 Å². The number of aryl methyl sites for hydroxylation is 1. The van der Waals surface area contributed by atoms with Gasteiger partial charge in [-0.15, -0.1) is 12.4 Å². The highest BCUT2D eigenvalue weighted by atomic mass is 35.5. The largest absolute Gasteiger partial charge is 0.354 e. The Balaban J connectivity index is 0.00000242. The maximum absolute atomic E-state index is 12.7. The average Bonchev–Trinajstić information content (AvgIpc) is 3.05. The van der Waals surface area contributed by atoms with E-state index in [2.05, 4.69) is 10.6 Å². The fourth-order valence-electron chi connectivity index (χ4n) is 2.73. The molecule has 2 heterocycles. The molecule has 9 heteroatoms. The van der Waals surface area contributed by atoms with Gasteiger partial charge in [0.25, 0.3) is 5.91 Å². The van der Waals surface area contributed by atoms with Gasteiger partial charge in [-0.05, 0) is 26.0 Å². The number of halogens is 1. The second-order valence-electron chi connectivity index (χ2n) is 5.22. The van der Waals surface area contributed by atoms with Crippen molar-refractivity contribution in [2.24, 2.45) is 7.05 Å². The summed E-state index contributed by atoms with van der Waals surface area (Å²) in [6.07, 6.45) is 3.21. The minimum absolute atomic E-state index is 0. The Morgan fingerprint density at radius 1 is 1.41 bits per heavy atom.